The van der Waals surface area contributed by atoms with E-state index < -0.39 is 0 Å². The zero-order valence-corrected chi connectivity index (χ0v) is 12.3. The van der Waals surface area contributed by atoms with Crippen LogP contribution in [0.1, 0.15) is 56.1 Å². The van der Waals surface area contributed by atoms with Crippen molar-refractivity contribution >= 4 is 5.91 Å². The molecule has 0 unspecified atom stereocenters. The Kier molecular flexibility index (Phi) is 3.50. The van der Waals surface area contributed by atoms with E-state index >= 15 is 0 Å². The van der Waals surface area contributed by atoms with Gasteiger partial charge >= 0.3 is 11.8 Å². The number of hydrogen-bond donors (Lipinski definition) is 1. The van der Waals surface area contributed by atoms with Crippen LogP contribution in [0.4, 0.5) is 0 Å². The van der Waals surface area contributed by atoms with E-state index in [1.165, 1.54) is 0 Å². The van der Waals surface area contributed by atoms with Crippen molar-refractivity contribution in [2.45, 2.75) is 51.6 Å². The lowest BCUT2D eigenvalue weighted by atomic mass is 10.1. The minimum absolute atomic E-state index is 0.0992. The molecule has 0 spiro atoms. The highest BCUT2D eigenvalue weighted by atomic mass is 16.4. The van der Waals surface area contributed by atoms with Crippen molar-refractivity contribution in [2.75, 3.05) is 13.1 Å². The molecule has 110 valence electrons. The summed E-state index contributed by atoms with van der Waals surface area (Å²) in [6, 6.07) is 0.658. The largest absolute Gasteiger partial charge is 0.417 e. The van der Waals surface area contributed by atoms with Crippen molar-refractivity contribution in [2.24, 2.45) is 5.92 Å². The molecule has 2 aliphatic rings. The predicted molar refractivity (Wildman–Crippen MR) is 73.4 cm³/mol. The van der Waals surface area contributed by atoms with Gasteiger partial charge in [-0.2, -0.15) is 0 Å². The second-order valence-electron chi connectivity index (χ2n) is 6.32. The van der Waals surface area contributed by atoms with Crippen LogP contribution < -0.4 is 5.32 Å². The number of likely N-dealkylation sites (tertiary alicyclic amines) is 1. The highest BCUT2D eigenvalue weighted by molar-refractivity contribution is 5.89. The van der Waals surface area contributed by atoms with Crippen molar-refractivity contribution in [1.29, 1.82) is 0 Å². The number of nitrogens with one attached hydrogen (secondary N) is 1. The van der Waals surface area contributed by atoms with Gasteiger partial charge in [-0.15, -0.1) is 10.2 Å². The van der Waals surface area contributed by atoms with Gasteiger partial charge in [0.15, 0.2) is 0 Å². The van der Waals surface area contributed by atoms with Gasteiger partial charge in [-0.25, -0.2) is 0 Å². The first-order valence-corrected chi connectivity index (χ1v) is 7.43. The molecule has 1 N–H and O–H groups in total. The maximum Gasteiger partial charge on any atom is 0.309 e. The van der Waals surface area contributed by atoms with Gasteiger partial charge in [0.05, 0.1) is 0 Å². The first-order chi connectivity index (χ1) is 9.54. The smallest absolute Gasteiger partial charge is 0.309 e. The Hall–Kier alpha value is -1.43. The highest BCUT2D eigenvalue weighted by Crippen LogP contribution is 2.38. The SMILES string of the molecule is CC(C)N1C[C@@H](C)[C@@H](NC(=O)c2nnc(C3CC3)o2)C1. The number of hydrogen-bond acceptors (Lipinski definition) is 5. The van der Waals surface area contributed by atoms with Gasteiger partial charge in [0.2, 0.25) is 5.89 Å². The van der Waals surface area contributed by atoms with E-state index in [9.17, 15) is 4.79 Å². The Morgan fingerprint density at radius 1 is 1.35 bits per heavy atom. The molecular formula is C14H22N4O2. The molecule has 3 rings (SSSR count). The Bertz CT molecular complexity index is 495. The van der Waals surface area contributed by atoms with E-state index in [0.717, 1.165) is 25.9 Å². The molecule has 1 aromatic heterocycles. The summed E-state index contributed by atoms with van der Waals surface area (Å²) in [7, 11) is 0. The molecule has 1 amide bonds. The molecule has 1 saturated heterocycles. The van der Waals surface area contributed by atoms with Crippen LogP contribution in [0.3, 0.4) is 0 Å². The van der Waals surface area contributed by atoms with Gasteiger partial charge in [-0.05, 0) is 32.6 Å². The van der Waals surface area contributed by atoms with E-state index in [1.807, 2.05) is 0 Å². The fourth-order valence-electron chi connectivity index (χ4n) is 2.67. The first kappa shape index (κ1) is 13.5. The minimum atomic E-state index is -0.244. The second-order valence-corrected chi connectivity index (χ2v) is 6.32. The molecule has 20 heavy (non-hydrogen) atoms. The van der Waals surface area contributed by atoms with Crippen molar-refractivity contribution in [1.82, 2.24) is 20.4 Å². The van der Waals surface area contributed by atoms with Crippen LogP contribution in [0.2, 0.25) is 0 Å². The molecule has 0 aromatic carbocycles. The lowest BCUT2D eigenvalue weighted by Gasteiger charge is -2.20. The number of carbonyl (C=O) groups is 1. The van der Waals surface area contributed by atoms with Crippen molar-refractivity contribution in [3.05, 3.63) is 11.8 Å². The molecule has 2 fully saturated rings. The molecule has 1 aliphatic carbocycles. The van der Waals surface area contributed by atoms with Gasteiger partial charge < -0.3 is 9.73 Å². The third-order valence-electron chi connectivity index (χ3n) is 4.25. The molecule has 6 nitrogen and oxygen atoms in total. The molecule has 1 aliphatic heterocycles. The van der Waals surface area contributed by atoms with E-state index in [-0.39, 0.29) is 17.8 Å². The summed E-state index contributed by atoms with van der Waals surface area (Å²) >= 11 is 0. The molecule has 1 saturated carbocycles. The number of carbonyl (C=O) groups excluding carboxylic acids is 1. The van der Waals surface area contributed by atoms with E-state index in [1.54, 1.807) is 0 Å². The first-order valence-electron chi connectivity index (χ1n) is 7.43. The lowest BCUT2D eigenvalue weighted by molar-refractivity contribution is 0.0893. The molecule has 0 bridgehead atoms. The van der Waals surface area contributed by atoms with Crippen molar-refractivity contribution in [3.8, 4) is 0 Å². The Morgan fingerprint density at radius 3 is 2.70 bits per heavy atom. The molecule has 2 atom stereocenters. The Balaban J connectivity index is 1.60. The normalized spacial score (nSPS) is 27.2. The van der Waals surface area contributed by atoms with Gasteiger partial charge in [0.25, 0.3) is 0 Å². The minimum Gasteiger partial charge on any atom is -0.417 e. The molecule has 1 aromatic rings. The topological polar surface area (TPSA) is 71.3 Å². The van der Waals surface area contributed by atoms with E-state index in [2.05, 4.69) is 41.2 Å². The van der Waals surface area contributed by atoms with Crippen molar-refractivity contribution < 1.29 is 9.21 Å². The number of rotatable bonds is 4. The zero-order valence-electron chi connectivity index (χ0n) is 12.3. The van der Waals surface area contributed by atoms with Gasteiger partial charge in [0.1, 0.15) is 0 Å². The van der Waals surface area contributed by atoms with Crippen LogP contribution in [0.25, 0.3) is 0 Å². The van der Waals surface area contributed by atoms with Crippen molar-refractivity contribution in [3.63, 3.8) is 0 Å². The van der Waals surface area contributed by atoms with E-state index in [0.29, 0.717) is 23.8 Å². The summed E-state index contributed by atoms with van der Waals surface area (Å²) in [5, 5.41) is 10.8. The highest BCUT2D eigenvalue weighted by Gasteiger charge is 2.34. The third kappa shape index (κ3) is 2.70. The van der Waals surface area contributed by atoms with Crippen LogP contribution >= 0.6 is 0 Å². The summed E-state index contributed by atoms with van der Waals surface area (Å²) in [4.78, 5) is 14.5. The average Bonchev–Trinajstić information content (AvgIpc) is 3.01. The fraction of sp³-hybridized carbons (Fsp3) is 0.786. The predicted octanol–water partition coefficient (Wildman–Crippen LogP) is 1.41. The van der Waals surface area contributed by atoms with Crippen LogP contribution in [-0.4, -0.2) is 46.2 Å². The zero-order chi connectivity index (χ0) is 14.3. The molecule has 6 heteroatoms. The Morgan fingerprint density at radius 2 is 2.10 bits per heavy atom. The lowest BCUT2D eigenvalue weighted by Crippen LogP contribution is -2.40. The summed E-state index contributed by atoms with van der Waals surface area (Å²) in [5.41, 5.74) is 0. The quantitative estimate of drug-likeness (QED) is 0.901. The summed E-state index contributed by atoms with van der Waals surface area (Å²) in [6.45, 7) is 8.42. The third-order valence-corrected chi connectivity index (χ3v) is 4.25. The molecule has 0 radical (unpaired) electrons. The fourth-order valence-corrected chi connectivity index (χ4v) is 2.67. The summed E-state index contributed by atoms with van der Waals surface area (Å²) < 4.78 is 5.44. The average molecular weight is 278 g/mol. The maximum absolute atomic E-state index is 12.2. The Labute approximate surface area is 118 Å². The standard InChI is InChI=1S/C14H22N4O2/c1-8(2)18-6-9(3)11(7-18)15-12(19)14-17-16-13(20-14)10-4-5-10/h8-11H,4-7H2,1-3H3,(H,15,19)/t9-,11+/m1/s1. The number of aromatic nitrogens is 2. The van der Waals surface area contributed by atoms with Crippen LogP contribution in [0.5, 0.6) is 0 Å². The number of nitrogens with zero attached hydrogens (tertiary/aromatic N) is 3. The number of amides is 1. The van der Waals surface area contributed by atoms with Gasteiger partial charge in [0, 0.05) is 31.1 Å². The summed E-state index contributed by atoms with van der Waals surface area (Å²) in [5.74, 6) is 1.28. The van der Waals surface area contributed by atoms with E-state index in [4.69, 9.17) is 4.42 Å². The van der Waals surface area contributed by atoms with Crippen LogP contribution in [0, 0.1) is 5.92 Å². The van der Waals surface area contributed by atoms with Gasteiger partial charge in [-0.1, -0.05) is 6.92 Å². The molecular weight excluding hydrogens is 256 g/mol. The molecule has 2 heterocycles. The van der Waals surface area contributed by atoms with Crippen LogP contribution in [-0.2, 0) is 0 Å². The summed E-state index contributed by atoms with van der Waals surface area (Å²) in [6.07, 6.45) is 2.18. The second kappa shape index (κ2) is 5.16. The maximum atomic E-state index is 12.2. The van der Waals surface area contributed by atoms with Crippen LogP contribution in [0.15, 0.2) is 4.42 Å². The van der Waals surface area contributed by atoms with Gasteiger partial charge in [-0.3, -0.25) is 9.69 Å². The monoisotopic (exact) mass is 278 g/mol.